The molecule has 1 aliphatic rings. The van der Waals surface area contributed by atoms with Crippen LogP contribution in [-0.2, 0) is 14.2 Å². The number of rotatable bonds is 10. The molecular formula is C15H31NO3. The quantitative estimate of drug-likeness (QED) is 0.619. The molecule has 1 rings (SSSR count). The van der Waals surface area contributed by atoms with Gasteiger partial charge in [-0.2, -0.15) is 0 Å². The highest BCUT2D eigenvalue weighted by molar-refractivity contribution is 4.84. The Morgan fingerprint density at radius 1 is 1.32 bits per heavy atom. The van der Waals surface area contributed by atoms with E-state index < -0.39 is 0 Å². The predicted molar refractivity (Wildman–Crippen MR) is 77.5 cm³/mol. The Kier molecular flexibility index (Phi) is 8.62. The summed E-state index contributed by atoms with van der Waals surface area (Å²) in [7, 11) is 1.74. The van der Waals surface area contributed by atoms with Crippen molar-refractivity contribution in [3.05, 3.63) is 0 Å². The van der Waals surface area contributed by atoms with Gasteiger partial charge in [0.15, 0.2) is 0 Å². The van der Waals surface area contributed by atoms with E-state index in [-0.39, 0.29) is 5.41 Å². The second-order valence-corrected chi connectivity index (χ2v) is 6.04. The molecule has 4 heteroatoms. The molecule has 0 spiro atoms. The monoisotopic (exact) mass is 273 g/mol. The average Bonchev–Trinajstić information content (AvgIpc) is 2.41. The second-order valence-electron chi connectivity index (χ2n) is 6.04. The van der Waals surface area contributed by atoms with Crippen LogP contribution in [-0.4, -0.2) is 53.2 Å². The van der Waals surface area contributed by atoms with E-state index in [1.54, 1.807) is 7.11 Å². The van der Waals surface area contributed by atoms with E-state index in [0.29, 0.717) is 5.92 Å². The molecule has 4 nitrogen and oxygen atoms in total. The molecule has 1 unspecified atom stereocenters. The predicted octanol–water partition coefficient (Wildman–Crippen LogP) is 2.08. The van der Waals surface area contributed by atoms with Crippen molar-refractivity contribution >= 4 is 0 Å². The van der Waals surface area contributed by atoms with Crippen LogP contribution in [0.15, 0.2) is 0 Å². The fraction of sp³-hybridized carbons (Fsp3) is 1.00. The van der Waals surface area contributed by atoms with Gasteiger partial charge in [-0.1, -0.05) is 13.8 Å². The van der Waals surface area contributed by atoms with E-state index in [1.165, 1.54) is 6.42 Å². The Labute approximate surface area is 118 Å². The maximum Gasteiger partial charge on any atom is 0.0587 e. The van der Waals surface area contributed by atoms with E-state index in [4.69, 9.17) is 14.2 Å². The molecule has 1 heterocycles. The third kappa shape index (κ3) is 7.25. The highest BCUT2D eigenvalue weighted by atomic mass is 16.5. The third-order valence-corrected chi connectivity index (χ3v) is 3.61. The summed E-state index contributed by atoms with van der Waals surface area (Å²) in [6, 6.07) is 0. The molecule has 1 N–H and O–H groups in total. The molecule has 1 atom stereocenters. The summed E-state index contributed by atoms with van der Waals surface area (Å²) in [5.41, 5.74) is 0.253. The van der Waals surface area contributed by atoms with Crippen molar-refractivity contribution in [2.45, 2.75) is 33.1 Å². The van der Waals surface area contributed by atoms with Crippen molar-refractivity contribution in [3.8, 4) is 0 Å². The van der Waals surface area contributed by atoms with Crippen molar-refractivity contribution in [2.75, 3.05) is 53.2 Å². The first-order chi connectivity index (χ1) is 9.18. The zero-order chi connectivity index (χ0) is 14.0. The summed E-state index contributed by atoms with van der Waals surface area (Å²) in [6.45, 7) is 10.5. The van der Waals surface area contributed by atoms with Crippen LogP contribution in [0.25, 0.3) is 0 Å². The first kappa shape index (κ1) is 16.9. The number of ether oxygens (including phenoxy) is 3. The van der Waals surface area contributed by atoms with Gasteiger partial charge in [-0.05, 0) is 25.2 Å². The lowest BCUT2D eigenvalue weighted by Crippen LogP contribution is -2.42. The molecule has 1 fully saturated rings. The zero-order valence-electron chi connectivity index (χ0n) is 12.9. The highest BCUT2D eigenvalue weighted by Crippen LogP contribution is 2.31. The Morgan fingerprint density at radius 3 is 2.79 bits per heavy atom. The van der Waals surface area contributed by atoms with E-state index >= 15 is 0 Å². The SMILES string of the molecule is COCCNCC1(CCOCC(C)C)CCCOC1. The van der Waals surface area contributed by atoms with E-state index in [0.717, 1.165) is 59.0 Å². The Balaban J connectivity index is 2.28. The van der Waals surface area contributed by atoms with Gasteiger partial charge in [-0.25, -0.2) is 0 Å². The summed E-state index contributed by atoms with van der Waals surface area (Å²) in [6.07, 6.45) is 3.48. The first-order valence-electron chi connectivity index (χ1n) is 7.54. The van der Waals surface area contributed by atoms with Crippen LogP contribution in [0.5, 0.6) is 0 Å². The van der Waals surface area contributed by atoms with Crippen molar-refractivity contribution in [1.82, 2.24) is 5.32 Å². The standard InChI is InChI=1S/C15H31NO3/c1-14(2)11-18-9-6-15(5-4-8-19-13-15)12-16-7-10-17-3/h14,16H,4-13H2,1-3H3. The Bertz CT molecular complexity index is 215. The molecule has 0 aromatic heterocycles. The van der Waals surface area contributed by atoms with Gasteiger partial charge in [-0.15, -0.1) is 0 Å². The molecule has 0 radical (unpaired) electrons. The molecular weight excluding hydrogens is 242 g/mol. The maximum absolute atomic E-state index is 5.74. The van der Waals surface area contributed by atoms with E-state index in [9.17, 15) is 0 Å². The van der Waals surface area contributed by atoms with Crippen LogP contribution >= 0.6 is 0 Å². The van der Waals surface area contributed by atoms with Crippen LogP contribution in [0.3, 0.4) is 0 Å². The molecule has 0 bridgehead atoms. The van der Waals surface area contributed by atoms with Crippen molar-refractivity contribution in [1.29, 1.82) is 0 Å². The van der Waals surface area contributed by atoms with Crippen LogP contribution in [0, 0.1) is 11.3 Å². The molecule has 1 aliphatic heterocycles. The highest BCUT2D eigenvalue weighted by Gasteiger charge is 2.32. The summed E-state index contributed by atoms with van der Waals surface area (Å²) in [5, 5.41) is 3.49. The minimum Gasteiger partial charge on any atom is -0.383 e. The lowest BCUT2D eigenvalue weighted by atomic mass is 9.79. The first-order valence-corrected chi connectivity index (χ1v) is 7.54. The lowest BCUT2D eigenvalue weighted by molar-refractivity contribution is -0.0294. The summed E-state index contributed by atoms with van der Waals surface area (Å²) >= 11 is 0. The molecule has 0 saturated carbocycles. The van der Waals surface area contributed by atoms with Gasteiger partial charge in [0.2, 0.25) is 0 Å². The normalized spacial score (nSPS) is 24.0. The zero-order valence-corrected chi connectivity index (χ0v) is 12.9. The van der Waals surface area contributed by atoms with Crippen LogP contribution in [0.4, 0.5) is 0 Å². The van der Waals surface area contributed by atoms with Crippen LogP contribution in [0.2, 0.25) is 0 Å². The van der Waals surface area contributed by atoms with Gasteiger partial charge < -0.3 is 19.5 Å². The minimum atomic E-state index is 0.253. The molecule has 19 heavy (non-hydrogen) atoms. The lowest BCUT2D eigenvalue weighted by Gasteiger charge is -2.37. The van der Waals surface area contributed by atoms with Crippen LogP contribution in [0.1, 0.15) is 33.1 Å². The van der Waals surface area contributed by atoms with Gasteiger partial charge in [0.05, 0.1) is 13.2 Å². The van der Waals surface area contributed by atoms with E-state index in [2.05, 4.69) is 19.2 Å². The number of nitrogens with one attached hydrogen (secondary N) is 1. The fourth-order valence-corrected chi connectivity index (χ4v) is 2.47. The molecule has 0 aromatic carbocycles. The Morgan fingerprint density at radius 2 is 2.16 bits per heavy atom. The van der Waals surface area contributed by atoms with E-state index in [1.807, 2.05) is 0 Å². The Hall–Kier alpha value is -0.160. The molecule has 0 amide bonds. The average molecular weight is 273 g/mol. The largest absolute Gasteiger partial charge is 0.383 e. The molecule has 114 valence electrons. The van der Waals surface area contributed by atoms with Gasteiger partial charge in [0.1, 0.15) is 0 Å². The molecule has 0 aromatic rings. The van der Waals surface area contributed by atoms with Gasteiger partial charge in [-0.3, -0.25) is 0 Å². The number of methoxy groups -OCH3 is 1. The fourth-order valence-electron chi connectivity index (χ4n) is 2.47. The van der Waals surface area contributed by atoms with Crippen molar-refractivity contribution in [3.63, 3.8) is 0 Å². The topological polar surface area (TPSA) is 39.7 Å². The van der Waals surface area contributed by atoms with Crippen molar-refractivity contribution < 1.29 is 14.2 Å². The molecule has 1 saturated heterocycles. The van der Waals surface area contributed by atoms with Gasteiger partial charge in [0.25, 0.3) is 0 Å². The maximum atomic E-state index is 5.74. The summed E-state index contributed by atoms with van der Waals surface area (Å²) in [4.78, 5) is 0. The summed E-state index contributed by atoms with van der Waals surface area (Å²) < 4.78 is 16.5. The minimum absolute atomic E-state index is 0.253. The second kappa shape index (κ2) is 9.70. The van der Waals surface area contributed by atoms with Gasteiger partial charge >= 0.3 is 0 Å². The van der Waals surface area contributed by atoms with Crippen LogP contribution < -0.4 is 5.32 Å². The van der Waals surface area contributed by atoms with Crippen molar-refractivity contribution in [2.24, 2.45) is 11.3 Å². The number of hydrogen-bond donors (Lipinski definition) is 1. The third-order valence-electron chi connectivity index (χ3n) is 3.61. The molecule has 0 aliphatic carbocycles. The number of hydrogen-bond acceptors (Lipinski definition) is 4. The smallest absolute Gasteiger partial charge is 0.0587 e. The van der Waals surface area contributed by atoms with Gasteiger partial charge in [0, 0.05) is 45.4 Å². The summed E-state index contributed by atoms with van der Waals surface area (Å²) in [5.74, 6) is 0.610.